The summed E-state index contributed by atoms with van der Waals surface area (Å²) < 4.78 is 39.3. The molecule has 0 unspecified atom stereocenters. The van der Waals surface area contributed by atoms with E-state index in [-0.39, 0.29) is 100 Å². The van der Waals surface area contributed by atoms with Crippen LogP contribution in [0.3, 0.4) is 0 Å². The molecule has 58 heavy (non-hydrogen) atoms. The van der Waals surface area contributed by atoms with Crippen LogP contribution >= 0.6 is 147 Å². The van der Waals surface area contributed by atoms with Crippen LogP contribution in [0.15, 0.2) is 48.5 Å². The van der Waals surface area contributed by atoms with Crippen molar-refractivity contribution in [3.8, 4) is 45.6 Å². The van der Waals surface area contributed by atoms with Gasteiger partial charge in [0.15, 0.2) is 18.8 Å². The van der Waals surface area contributed by atoms with E-state index in [9.17, 15) is 0 Å². The second-order valence-electron chi connectivity index (χ2n) is 14.5. The van der Waals surface area contributed by atoms with Crippen molar-refractivity contribution in [3.63, 3.8) is 0 Å². The Kier molecular flexibility index (Phi) is 10.6. The molecule has 9 rings (SSSR count). The molecule has 7 nitrogen and oxygen atoms in total. The van der Waals surface area contributed by atoms with E-state index in [4.69, 9.17) is 166 Å². The minimum absolute atomic E-state index is 0.205. The van der Waals surface area contributed by atoms with Crippen molar-refractivity contribution in [2.75, 3.05) is 0 Å². The van der Waals surface area contributed by atoms with Crippen LogP contribution in [0.4, 0.5) is 0 Å². The summed E-state index contributed by atoms with van der Waals surface area (Å²) in [7, 11) is -6.81. The van der Waals surface area contributed by atoms with Crippen molar-refractivity contribution < 1.29 is 31.7 Å². The molecule has 0 aliphatic carbocycles. The van der Waals surface area contributed by atoms with Gasteiger partial charge in [-0.2, -0.15) is 0 Å². The molecule has 5 aromatic carbocycles. The zero-order valence-electron chi connectivity index (χ0n) is 29.9. The first-order valence-corrected chi connectivity index (χ1v) is 23.6. The molecule has 0 radical (unpaired) electrons. The molecular weight excluding hydrogens is 1020 g/mol. The van der Waals surface area contributed by atoms with E-state index in [2.05, 4.69) is 87.0 Å². The summed E-state index contributed by atoms with van der Waals surface area (Å²) in [6.07, 6.45) is 2.34. The van der Waals surface area contributed by atoms with Gasteiger partial charge in [-0.05, 0) is 24.1 Å². The molecule has 0 bridgehead atoms. The molecule has 306 valence electrons. The van der Waals surface area contributed by atoms with Gasteiger partial charge in [0.1, 0.15) is 0 Å². The number of nitrogens with zero attached hydrogens (tertiary/aromatic N) is 1. The van der Waals surface area contributed by atoms with Gasteiger partial charge in [-0.1, -0.05) is 63.2 Å². The van der Waals surface area contributed by atoms with E-state index in [1.54, 1.807) is 0 Å². The van der Waals surface area contributed by atoms with Gasteiger partial charge in [0.05, 0.1) is 0 Å². The van der Waals surface area contributed by atoms with Crippen molar-refractivity contribution >= 4 is 153 Å². The third-order valence-electron chi connectivity index (χ3n) is 9.89. The summed E-state index contributed by atoms with van der Waals surface area (Å²) in [4.78, 5) is 0. The van der Waals surface area contributed by atoms with Gasteiger partial charge in [0.25, 0.3) is 0 Å². The van der Waals surface area contributed by atoms with Crippen LogP contribution in [0.25, 0.3) is 11.1 Å². The molecule has 4 aliphatic heterocycles. The SMILES string of the molecule is C[C@H]([N+]1=Cc2ccccc2-c2ccccc2C1)C(C)(C)C.Clc1c(Cl)c(Cl)c2c(c1Cl)O[P-]13(O2)(Oc2c(Cl)c(Cl)c(Cl)c(Cl)c2O1)Oc1c(Cl)c(Cl)c(Cl)c(Cl)c1O3. The third kappa shape index (κ3) is 6.36. The Labute approximate surface area is 392 Å². The topological polar surface area (TPSA) is 58.4 Å². The molecule has 0 amide bonds. The van der Waals surface area contributed by atoms with E-state index in [1.165, 1.54) is 22.3 Å². The van der Waals surface area contributed by atoms with E-state index in [0.717, 1.165) is 6.54 Å². The van der Waals surface area contributed by atoms with Crippen LogP contribution in [-0.4, -0.2) is 16.8 Å². The van der Waals surface area contributed by atoms with Crippen LogP contribution in [0.5, 0.6) is 34.5 Å². The molecule has 20 heteroatoms. The number of hydrogen-bond donors (Lipinski definition) is 0. The molecule has 0 N–H and O–H groups in total. The summed E-state index contributed by atoms with van der Waals surface area (Å²) in [6, 6.07) is 18.0. The van der Waals surface area contributed by atoms with Crippen LogP contribution < -0.4 is 27.1 Å². The fraction of sp³-hybridized carbons (Fsp3) is 0.184. The van der Waals surface area contributed by atoms with Gasteiger partial charge >= 0.3 is 268 Å². The quantitative estimate of drug-likeness (QED) is 0.0722. The van der Waals surface area contributed by atoms with Gasteiger partial charge in [-0.15, -0.1) is 0 Å². The Balaban J connectivity index is 0.000000189. The van der Waals surface area contributed by atoms with Crippen LogP contribution in [0.1, 0.15) is 38.8 Å². The van der Waals surface area contributed by atoms with Gasteiger partial charge in [0, 0.05) is 16.5 Å². The Bertz CT molecular complexity index is 2400. The maximum atomic E-state index is 6.42. The van der Waals surface area contributed by atoms with Crippen molar-refractivity contribution in [1.82, 2.24) is 0 Å². The number of benzene rings is 5. The van der Waals surface area contributed by atoms with Crippen LogP contribution in [0, 0.1) is 5.41 Å². The number of rotatable bonds is 1. The Morgan fingerprint density at radius 2 is 0.776 bits per heavy atom. The second kappa shape index (κ2) is 14.3. The van der Waals surface area contributed by atoms with Crippen molar-refractivity contribution in [1.29, 1.82) is 0 Å². The van der Waals surface area contributed by atoms with Gasteiger partial charge in [-0.25, -0.2) is 4.58 Å². The molecule has 0 saturated carbocycles. The summed E-state index contributed by atoms with van der Waals surface area (Å²) >= 11 is 75.9. The van der Waals surface area contributed by atoms with E-state index >= 15 is 0 Å². The average Bonchev–Trinajstić information content (AvgIpc) is 3.76. The second-order valence-corrected chi connectivity index (χ2v) is 22.4. The summed E-state index contributed by atoms with van der Waals surface area (Å²) in [5.41, 5.74) is 5.70. The molecule has 0 fully saturated rings. The number of fused-ring (bicyclic) bond motifs is 6. The normalized spacial score (nSPS) is 18.4. The Hall–Kier alpha value is -1.52. The van der Waals surface area contributed by atoms with Crippen molar-refractivity contribution in [2.45, 2.75) is 40.3 Å². The predicted molar refractivity (Wildman–Crippen MR) is 240 cm³/mol. The first kappa shape index (κ1) is 43.1. The summed E-state index contributed by atoms with van der Waals surface area (Å²) in [5.74, 6) is -2.13. The molecule has 0 aromatic heterocycles. The van der Waals surface area contributed by atoms with Gasteiger partial charge < -0.3 is 0 Å². The number of halogens is 12. The Morgan fingerprint density at radius 3 is 1.12 bits per heavy atom. The maximum absolute atomic E-state index is 6.81. The zero-order valence-corrected chi connectivity index (χ0v) is 39.8. The summed E-state index contributed by atoms with van der Waals surface area (Å²) in [6.45, 7) is 10.2. The molecule has 1 atom stereocenters. The molecular formula is C38H24Cl12NO6P. The van der Waals surface area contributed by atoms with Crippen LogP contribution in [0.2, 0.25) is 60.3 Å². The van der Waals surface area contributed by atoms with Crippen molar-refractivity contribution in [3.05, 3.63) is 120 Å². The molecule has 4 heterocycles. The minimum atomic E-state index is -6.81. The summed E-state index contributed by atoms with van der Waals surface area (Å²) in [5, 5.41) is -2.92. The molecule has 5 aromatic rings. The van der Waals surface area contributed by atoms with Crippen LogP contribution in [-0.2, 0) is 6.54 Å². The van der Waals surface area contributed by atoms with Crippen molar-refractivity contribution in [2.24, 2.45) is 5.41 Å². The number of hydrogen-bond acceptors (Lipinski definition) is 6. The monoisotopic (exact) mass is 1040 g/mol. The standard InChI is InChI=1S/C20H24N.C18Cl12O6P/c1-15(20(2,3)4)21-13-16-9-5-7-11-18(16)19-12-8-6-10-17(19)14-21;19-1-2(20)8(26)14-13(7(1)25)31-37(32-14,33-15-9(27)3(21)4(22)10(28)16(15)34-37)35-17-11(29)5(23)6(24)12(30)18(17)36-37/h5-13,15H,14H2,1-4H3;/q+1;-1/t15-;/m0./s1. The average molecular weight is 1050 g/mol. The van der Waals surface area contributed by atoms with Gasteiger partial charge in [-0.3, -0.25) is 0 Å². The molecule has 4 aliphatic rings. The molecule has 0 saturated heterocycles. The van der Waals surface area contributed by atoms with E-state index < -0.39 is 7.31 Å². The first-order chi connectivity index (χ1) is 27.1. The fourth-order valence-corrected chi connectivity index (χ4v) is 13.5. The Morgan fingerprint density at radius 1 is 0.466 bits per heavy atom. The van der Waals surface area contributed by atoms with E-state index in [1.807, 2.05) is 0 Å². The molecule has 1 spiro atoms. The first-order valence-electron chi connectivity index (χ1n) is 16.8. The fourth-order valence-electron chi connectivity index (χ4n) is 6.60. The predicted octanol–water partition coefficient (Wildman–Crippen LogP) is 17.6. The third-order valence-corrected chi connectivity index (χ3v) is 18.5. The van der Waals surface area contributed by atoms with E-state index in [0.29, 0.717) is 6.04 Å². The van der Waals surface area contributed by atoms with Gasteiger partial charge in [0.2, 0.25) is 0 Å². The zero-order chi connectivity index (χ0) is 42.1.